The second kappa shape index (κ2) is 5.52. The van der Waals surface area contributed by atoms with Crippen molar-refractivity contribution in [3.63, 3.8) is 0 Å². The summed E-state index contributed by atoms with van der Waals surface area (Å²) in [5.74, 6) is -1.23. The van der Waals surface area contributed by atoms with Crippen LogP contribution in [0.25, 0.3) is 10.9 Å². The van der Waals surface area contributed by atoms with E-state index in [1.54, 1.807) is 0 Å². The molecule has 0 saturated carbocycles. The number of carboxylic acid groups (broad SMARTS) is 2. The molecule has 9 heteroatoms. The molecule has 1 aliphatic heterocycles. The van der Waals surface area contributed by atoms with Crippen LogP contribution in [0.5, 0.6) is 0 Å². The van der Waals surface area contributed by atoms with Gasteiger partial charge in [-0.15, -0.1) is 0 Å². The molecule has 0 unspecified atom stereocenters. The Kier molecular flexibility index (Phi) is 3.75. The number of hydrogen-bond donors (Lipinski definition) is 2. The van der Waals surface area contributed by atoms with Crippen molar-refractivity contribution in [3.05, 3.63) is 35.0 Å². The lowest BCUT2D eigenvalue weighted by Gasteiger charge is -2.25. The van der Waals surface area contributed by atoms with Gasteiger partial charge in [-0.05, 0) is 25.1 Å². The number of aromatic nitrogens is 1. The van der Waals surface area contributed by atoms with Crippen molar-refractivity contribution in [2.75, 3.05) is 12.3 Å². The minimum Gasteiger partial charge on any atom is -0.478 e. The highest BCUT2D eigenvalue weighted by Gasteiger charge is 2.30. The summed E-state index contributed by atoms with van der Waals surface area (Å²) in [4.78, 5) is 23.7. The minimum atomic E-state index is -3.59. The Labute approximate surface area is 138 Å². The summed E-state index contributed by atoms with van der Waals surface area (Å²) < 4.78 is 26.2. The molecule has 0 fully saturated rings. The molecule has 8 nitrogen and oxygen atoms in total. The van der Waals surface area contributed by atoms with Crippen molar-refractivity contribution < 1.29 is 28.2 Å². The van der Waals surface area contributed by atoms with Crippen LogP contribution in [0.15, 0.2) is 18.2 Å². The number of benzene rings is 1. The van der Waals surface area contributed by atoms with Gasteiger partial charge >= 0.3 is 12.1 Å². The molecule has 0 radical (unpaired) electrons. The zero-order valence-electron chi connectivity index (χ0n) is 12.9. The Hall–Kier alpha value is -2.55. The van der Waals surface area contributed by atoms with Crippen LogP contribution in [0.1, 0.15) is 28.5 Å². The number of fused-ring (bicyclic) bond motifs is 3. The van der Waals surface area contributed by atoms with Gasteiger partial charge in [0, 0.05) is 29.6 Å². The van der Waals surface area contributed by atoms with Gasteiger partial charge in [0.2, 0.25) is 10.0 Å². The van der Waals surface area contributed by atoms with E-state index in [1.807, 2.05) is 0 Å². The van der Waals surface area contributed by atoms with Crippen LogP contribution in [-0.4, -0.2) is 51.9 Å². The third-order valence-corrected chi connectivity index (χ3v) is 5.96. The first kappa shape index (κ1) is 16.3. The zero-order chi connectivity index (χ0) is 17.6. The van der Waals surface area contributed by atoms with E-state index in [4.69, 9.17) is 0 Å². The lowest BCUT2D eigenvalue weighted by atomic mass is 10.0. The van der Waals surface area contributed by atoms with E-state index in [1.165, 1.54) is 34.0 Å². The van der Waals surface area contributed by atoms with Crippen LogP contribution in [0.3, 0.4) is 0 Å². The maximum Gasteiger partial charge on any atom is 0.407 e. The van der Waals surface area contributed by atoms with Gasteiger partial charge in [0.15, 0.2) is 0 Å². The lowest BCUT2D eigenvalue weighted by Crippen LogP contribution is -2.35. The van der Waals surface area contributed by atoms with Gasteiger partial charge in [-0.1, -0.05) is 0 Å². The Balaban J connectivity index is 2.34. The lowest BCUT2D eigenvalue weighted by molar-refractivity contribution is 0.0697. The summed E-state index contributed by atoms with van der Waals surface area (Å²) in [5, 5.41) is 18.8. The fraction of sp³-hybridized carbons (Fsp3) is 0.333. The number of rotatable bonds is 3. The van der Waals surface area contributed by atoms with Gasteiger partial charge in [0.05, 0.1) is 23.4 Å². The van der Waals surface area contributed by atoms with Crippen LogP contribution < -0.4 is 0 Å². The first-order chi connectivity index (χ1) is 11.3. The van der Waals surface area contributed by atoms with Crippen LogP contribution in [-0.2, 0) is 23.0 Å². The highest BCUT2D eigenvalue weighted by atomic mass is 32.2. The van der Waals surface area contributed by atoms with Crippen LogP contribution >= 0.6 is 0 Å². The normalized spacial score (nSPS) is 14.6. The maximum absolute atomic E-state index is 12.5. The largest absolute Gasteiger partial charge is 0.478 e. The maximum atomic E-state index is 12.5. The van der Waals surface area contributed by atoms with Crippen molar-refractivity contribution in [3.8, 4) is 0 Å². The van der Waals surface area contributed by atoms with E-state index in [0.29, 0.717) is 22.2 Å². The predicted octanol–water partition coefficient (Wildman–Crippen LogP) is 1.57. The smallest absolute Gasteiger partial charge is 0.407 e. The van der Waals surface area contributed by atoms with Gasteiger partial charge in [0.25, 0.3) is 0 Å². The molecular weight excluding hydrogens is 336 g/mol. The third-order valence-electron chi connectivity index (χ3n) is 4.26. The molecule has 128 valence electrons. The van der Waals surface area contributed by atoms with Gasteiger partial charge in [-0.25, -0.2) is 22.0 Å². The molecule has 0 spiro atoms. The topological polar surface area (TPSA) is 117 Å². The summed E-state index contributed by atoms with van der Waals surface area (Å²) >= 11 is 0. The second-order valence-electron chi connectivity index (χ2n) is 5.58. The Morgan fingerprint density at radius 1 is 1.25 bits per heavy atom. The van der Waals surface area contributed by atoms with Crippen LogP contribution in [0.2, 0.25) is 0 Å². The molecule has 2 heterocycles. The van der Waals surface area contributed by atoms with Crippen molar-refractivity contribution >= 4 is 33.0 Å². The molecule has 1 aliphatic rings. The zero-order valence-corrected chi connectivity index (χ0v) is 13.7. The van der Waals surface area contributed by atoms with E-state index >= 15 is 0 Å². The number of amides is 1. The Morgan fingerprint density at radius 3 is 2.54 bits per heavy atom. The summed E-state index contributed by atoms with van der Waals surface area (Å²) in [7, 11) is -3.59. The SMILES string of the molecule is CCS(=O)(=O)n1c2c(c3cc(C(=O)O)ccc31)CN(C(=O)O)CC2. The number of hydrogen-bond acceptors (Lipinski definition) is 4. The highest BCUT2D eigenvalue weighted by Crippen LogP contribution is 2.33. The molecule has 24 heavy (non-hydrogen) atoms. The average molecular weight is 352 g/mol. The summed E-state index contributed by atoms with van der Waals surface area (Å²) in [6.07, 6.45) is -0.827. The molecule has 3 rings (SSSR count). The number of aromatic carboxylic acids is 1. The molecular formula is C15H16N2O6S. The van der Waals surface area contributed by atoms with Crippen LogP contribution in [0.4, 0.5) is 4.79 Å². The van der Waals surface area contributed by atoms with Gasteiger partial charge in [-0.2, -0.15) is 0 Å². The van der Waals surface area contributed by atoms with Crippen LogP contribution in [0, 0.1) is 0 Å². The first-order valence-electron chi connectivity index (χ1n) is 7.37. The number of carboxylic acids is 1. The van der Waals surface area contributed by atoms with Crippen molar-refractivity contribution in [2.45, 2.75) is 19.9 Å². The standard InChI is InChI=1S/C15H16N2O6S/c1-2-24(22,23)17-12-4-3-9(14(18)19)7-10(12)11-8-16(15(20)21)6-5-13(11)17/h3-4,7H,2,5-6,8H2,1H3,(H,18,19)(H,20,21). The predicted molar refractivity (Wildman–Crippen MR) is 85.9 cm³/mol. The Bertz CT molecular complexity index is 960. The summed E-state index contributed by atoms with van der Waals surface area (Å²) in [6, 6.07) is 4.23. The number of carbonyl (C=O) groups is 2. The van der Waals surface area contributed by atoms with E-state index in [2.05, 4.69) is 0 Å². The van der Waals surface area contributed by atoms with E-state index in [0.717, 1.165) is 0 Å². The van der Waals surface area contributed by atoms with E-state index < -0.39 is 22.1 Å². The molecule has 1 aromatic heterocycles. The van der Waals surface area contributed by atoms with Gasteiger partial charge in [0.1, 0.15) is 0 Å². The summed E-state index contributed by atoms with van der Waals surface area (Å²) in [5.41, 5.74) is 1.51. The van der Waals surface area contributed by atoms with Crippen molar-refractivity contribution in [1.82, 2.24) is 8.87 Å². The van der Waals surface area contributed by atoms with Crippen molar-refractivity contribution in [1.29, 1.82) is 0 Å². The number of nitrogens with zero attached hydrogens (tertiary/aromatic N) is 2. The van der Waals surface area contributed by atoms with Crippen molar-refractivity contribution in [2.24, 2.45) is 0 Å². The first-order valence-corrected chi connectivity index (χ1v) is 8.97. The quantitative estimate of drug-likeness (QED) is 0.866. The second-order valence-corrected chi connectivity index (χ2v) is 7.69. The molecule has 0 bridgehead atoms. The fourth-order valence-electron chi connectivity index (χ4n) is 3.06. The average Bonchev–Trinajstić information content (AvgIpc) is 2.88. The van der Waals surface area contributed by atoms with E-state index in [9.17, 15) is 28.2 Å². The monoisotopic (exact) mass is 352 g/mol. The molecule has 0 aliphatic carbocycles. The molecule has 2 aromatic rings. The van der Waals surface area contributed by atoms with Gasteiger partial charge in [-0.3, -0.25) is 0 Å². The molecule has 1 amide bonds. The van der Waals surface area contributed by atoms with Gasteiger partial charge < -0.3 is 15.1 Å². The highest BCUT2D eigenvalue weighted by molar-refractivity contribution is 7.90. The summed E-state index contributed by atoms with van der Waals surface area (Å²) in [6.45, 7) is 1.77. The van der Waals surface area contributed by atoms with E-state index in [-0.39, 0.29) is 30.8 Å². The molecule has 2 N–H and O–H groups in total. The Morgan fingerprint density at radius 2 is 1.96 bits per heavy atom. The molecule has 0 saturated heterocycles. The third kappa shape index (κ3) is 2.41. The minimum absolute atomic E-state index is 0.0313. The fourth-order valence-corrected chi connectivity index (χ4v) is 4.32. The molecule has 0 atom stereocenters. The molecule has 1 aromatic carbocycles.